The zero-order valence-corrected chi connectivity index (χ0v) is 18.7. The molecule has 0 aromatic heterocycles. The highest BCUT2D eigenvalue weighted by atomic mass is 79.9. The minimum absolute atomic E-state index is 0.0973. The van der Waals surface area contributed by atoms with Crippen molar-refractivity contribution < 1.29 is 28.2 Å². The first-order valence-electron chi connectivity index (χ1n) is 9.64. The van der Waals surface area contributed by atoms with Gasteiger partial charge < -0.3 is 19.5 Å². The van der Waals surface area contributed by atoms with Crippen molar-refractivity contribution in [1.29, 1.82) is 0 Å². The summed E-state index contributed by atoms with van der Waals surface area (Å²) in [7, 11) is 0. The second kappa shape index (κ2) is 11.3. The van der Waals surface area contributed by atoms with E-state index in [1.165, 1.54) is 6.07 Å². The molecule has 0 radical (unpaired) electrons. The molecule has 166 valence electrons. The molecule has 0 amide bonds. The number of benzene rings is 1. The quantitative estimate of drug-likeness (QED) is 0.408. The molecule has 10 heteroatoms. The molecule has 1 heterocycles. The molecule has 1 aromatic carbocycles. The summed E-state index contributed by atoms with van der Waals surface area (Å²) in [5, 5.41) is 13.7. The fraction of sp³-hybridized carbons (Fsp3) is 0.500. The van der Waals surface area contributed by atoms with Crippen LogP contribution in [0, 0.1) is 11.6 Å². The largest absolute Gasteiger partial charge is 0.473 e. The lowest BCUT2D eigenvalue weighted by atomic mass is 10.2. The van der Waals surface area contributed by atoms with Crippen molar-refractivity contribution in [3.8, 4) is 0 Å². The van der Waals surface area contributed by atoms with Crippen LogP contribution >= 0.6 is 15.9 Å². The van der Waals surface area contributed by atoms with Crippen LogP contribution in [0.4, 0.5) is 8.78 Å². The van der Waals surface area contributed by atoms with Crippen molar-refractivity contribution in [3.63, 3.8) is 0 Å². The number of hydrogen-bond acceptors (Lipinski definition) is 5. The number of halogens is 3. The van der Waals surface area contributed by atoms with Gasteiger partial charge in [-0.3, -0.25) is 15.1 Å². The van der Waals surface area contributed by atoms with Gasteiger partial charge in [0, 0.05) is 30.6 Å². The van der Waals surface area contributed by atoms with Gasteiger partial charge in [0.2, 0.25) is 11.8 Å². The number of aliphatic hydroxyl groups is 1. The van der Waals surface area contributed by atoms with E-state index >= 15 is 0 Å². The van der Waals surface area contributed by atoms with E-state index in [9.17, 15) is 18.7 Å². The second-order valence-corrected chi connectivity index (χ2v) is 7.67. The maximum Gasteiger partial charge on any atom is 0.305 e. The Bertz CT molecular complexity index is 817. The number of aliphatic hydroxyl groups excluding tert-OH is 1. The minimum atomic E-state index is -1.07. The van der Waals surface area contributed by atoms with Gasteiger partial charge in [-0.1, -0.05) is 0 Å². The molecule has 30 heavy (non-hydrogen) atoms. The third-order valence-electron chi connectivity index (χ3n) is 4.23. The van der Waals surface area contributed by atoms with Crippen LogP contribution in [0.5, 0.6) is 0 Å². The molecule has 1 unspecified atom stereocenters. The number of aliphatic imine (C=N–C) groups is 1. The van der Waals surface area contributed by atoms with Crippen LogP contribution in [0.3, 0.4) is 0 Å². The molecule has 0 saturated carbocycles. The number of hydrogen-bond donors (Lipinski definition) is 2. The fourth-order valence-electron chi connectivity index (χ4n) is 2.76. The average molecular weight is 490 g/mol. The standard InChI is InChI=1S/C20H26BrF2N3O4/c1-4-29-16(27)6-5-9-24-20-25-18(17(21)19(28)26(20)12(2)3)30-11-13-7-8-14(22)10-15(13)23/h7-8,10,12,19,28H,4-6,9,11H2,1-3H3,(H,24,25). The summed E-state index contributed by atoms with van der Waals surface area (Å²) in [6, 6.07) is 3.12. The summed E-state index contributed by atoms with van der Waals surface area (Å²) in [5.74, 6) is -1.15. The van der Waals surface area contributed by atoms with E-state index < -0.39 is 17.9 Å². The lowest BCUT2D eigenvalue weighted by Crippen LogP contribution is -2.55. The summed E-state index contributed by atoms with van der Waals surface area (Å²) in [6.07, 6.45) is -0.349. The number of ether oxygens (including phenoxy) is 2. The van der Waals surface area contributed by atoms with Gasteiger partial charge in [0.25, 0.3) is 0 Å². The second-order valence-electron chi connectivity index (χ2n) is 6.82. The van der Waals surface area contributed by atoms with Crippen LogP contribution in [-0.4, -0.2) is 47.4 Å². The first-order valence-corrected chi connectivity index (χ1v) is 10.4. The van der Waals surface area contributed by atoms with Crippen LogP contribution in [0.25, 0.3) is 0 Å². The summed E-state index contributed by atoms with van der Waals surface area (Å²) in [4.78, 5) is 17.5. The first kappa shape index (κ1) is 24.1. The van der Waals surface area contributed by atoms with Gasteiger partial charge in [-0.05, 0) is 55.3 Å². The summed E-state index contributed by atoms with van der Waals surface area (Å²) < 4.78 is 37.8. The van der Waals surface area contributed by atoms with E-state index in [1.807, 2.05) is 13.8 Å². The monoisotopic (exact) mass is 489 g/mol. The van der Waals surface area contributed by atoms with E-state index in [-0.39, 0.29) is 36.5 Å². The van der Waals surface area contributed by atoms with Crippen molar-refractivity contribution in [2.75, 3.05) is 13.2 Å². The van der Waals surface area contributed by atoms with Crippen molar-refractivity contribution in [2.45, 2.75) is 52.5 Å². The topological polar surface area (TPSA) is 83.4 Å². The molecular weight excluding hydrogens is 464 g/mol. The van der Waals surface area contributed by atoms with Crippen LogP contribution < -0.4 is 5.32 Å². The van der Waals surface area contributed by atoms with Crippen molar-refractivity contribution >= 4 is 27.9 Å². The highest BCUT2D eigenvalue weighted by molar-refractivity contribution is 9.11. The number of rotatable bonds is 9. The highest BCUT2D eigenvalue weighted by Crippen LogP contribution is 2.26. The molecule has 0 saturated heterocycles. The summed E-state index contributed by atoms with van der Waals surface area (Å²) in [6.45, 7) is 6.01. The third-order valence-corrected chi connectivity index (χ3v) is 5.00. The Morgan fingerprint density at radius 3 is 2.77 bits per heavy atom. The molecule has 7 nitrogen and oxygen atoms in total. The lowest BCUT2D eigenvalue weighted by Gasteiger charge is -2.39. The highest BCUT2D eigenvalue weighted by Gasteiger charge is 2.33. The van der Waals surface area contributed by atoms with Crippen LogP contribution in [-0.2, 0) is 20.9 Å². The zero-order valence-electron chi connectivity index (χ0n) is 17.1. The molecule has 1 aliphatic heterocycles. The van der Waals surface area contributed by atoms with Gasteiger partial charge >= 0.3 is 5.97 Å². The van der Waals surface area contributed by atoms with Gasteiger partial charge in [-0.15, -0.1) is 0 Å². The van der Waals surface area contributed by atoms with Crippen molar-refractivity contribution in [1.82, 2.24) is 10.2 Å². The smallest absolute Gasteiger partial charge is 0.305 e. The predicted octanol–water partition coefficient (Wildman–Crippen LogP) is 3.38. The van der Waals surface area contributed by atoms with Crippen LogP contribution in [0.1, 0.15) is 39.2 Å². The molecule has 2 N–H and O–H groups in total. The van der Waals surface area contributed by atoms with Gasteiger partial charge in [0.15, 0.2) is 6.23 Å². The average Bonchev–Trinajstić information content (AvgIpc) is 2.67. The Hall–Kier alpha value is -2.20. The Labute approximate surface area is 182 Å². The fourth-order valence-corrected chi connectivity index (χ4v) is 3.20. The summed E-state index contributed by atoms with van der Waals surface area (Å²) >= 11 is 3.31. The number of esters is 1. The maximum absolute atomic E-state index is 13.9. The van der Waals surface area contributed by atoms with E-state index in [2.05, 4.69) is 26.2 Å². The number of nitrogens with zero attached hydrogens (tertiary/aromatic N) is 2. The molecular formula is C20H26BrF2N3O4. The van der Waals surface area contributed by atoms with Crippen molar-refractivity contribution in [2.24, 2.45) is 4.99 Å². The molecule has 1 aliphatic rings. The molecule has 1 aromatic rings. The number of guanidine groups is 1. The Morgan fingerprint density at radius 2 is 2.13 bits per heavy atom. The van der Waals surface area contributed by atoms with E-state index in [0.717, 1.165) is 12.1 Å². The molecule has 0 aliphatic carbocycles. The molecule has 0 spiro atoms. The molecule has 0 bridgehead atoms. The minimum Gasteiger partial charge on any atom is -0.473 e. The Balaban J connectivity index is 2.10. The Kier molecular flexibility index (Phi) is 9.04. The maximum atomic E-state index is 13.9. The van der Waals surface area contributed by atoms with Gasteiger partial charge in [0.1, 0.15) is 22.7 Å². The molecule has 2 rings (SSSR count). The lowest BCUT2D eigenvalue weighted by molar-refractivity contribution is -0.143. The van der Waals surface area contributed by atoms with Crippen LogP contribution in [0.2, 0.25) is 0 Å². The number of carbonyl (C=O) groups excluding carboxylic acids is 1. The predicted molar refractivity (Wildman–Crippen MR) is 111 cm³/mol. The molecule has 0 fully saturated rings. The Morgan fingerprint density at radius 1 is 1.40 bits per heavy atom. The molecule has 1 atom stereocenters. The SMILES string of the molecule is CCOC(=O)CCCN=C1NC(OCc2ccc(F)cc2F)=C(Br)C(O)N1C(C)C. The number of carbonyl (C=O) groups is 1. The van der Waals surface area contributed by atoms with Crippen LogP contribution in [0.15, 0.2) is 33.6 Å². The van der Waals surface area contributed by atoms with E-state index in [4.69, 9.17) is 9.47 Å². The van der Waals surface area contributed by atoms with E-state index in [1.54, 1.807) is 11.8 Å². The van der Waals surface area contributed by atoms with Gasteiger partial charge in [-0.25, -0.2) is 8.78 Å². The van der Waals surface area contributed by atoms with Gasteiger partial charge in [-0.2, -0.15) is 0 Å². The zero-order chi connectivity index (χ0) is 22.3. The summed E-state index contributed by atoms with van der Waals surface area (Å²) in [5.41, 5.74) is 0.166. The van der Waals surface area contributed by atoms with Gasteiger partial charge in [0.05, 0.1) is 6.61 Å². The number of nitrogens with one attached hydrogen (secondary N) is 1. The van der Waals surface area contributed by atoms with E-state index in [0.29, 0.717) is 30.0 Å². The first-order chi connectivity index (χ1) is 14.2. The third kappa shape index (κ3) is 6.40. The normalized spacial score (nSPS) is 18.1. The van der Waals surface area contributed by atoms with Crippen molar-refractivity contribution in [3.05, 3.63) is 45.8 Å².